The fraction of sp³-hybridized carbons (Fsp3) is 0.200. The number of rotatable bonds is 8. The van der Waals surface area contributed by atoms with Gasteiger partial charge in [0.05, 0.1) is 0 Å². The Morgan fingerprint density at radius 1 is 0.871 bits per heavy atom. The molecule has 3 aromatic carbocycles. The van der Waals surface area contributed by atoms with Gasteiger partial charge < -0.3 is 20.7 Å². The van der Waals surface area contributed by atoms with Gasteiger partial charge in [0, 0.05) is 36.4 Å². The van der Waals surface area contributed by atoms with Gasteiger partial charge in [-0.05, 0) is 48.4 Å². The van der Waals surface area contributed by atoms with Crippen molar-refractivity contribution < 1.29 is 14.3 Å². The molecule has 1 heterocycles. The van der Waals surface area contributed by atoms with Crippen molar-refractivity contribution in [3.63, 3.8) is 0 Å². The lowest BCUT2D eigenvalue weighted by Crippen LogP contribution is -2.31. The largest absolute Gasteiger partial charge is 0.480 e. The maximum Gasteiger partial charge on any atom is 0.265 e. The van der Waals surface area contributed by atoms with Crippen LogP contribution in [0.5, 0.6) is 5.75 Å². The first kappa shape index (κ1) is 20.5. The Kier molecular flexibility index (Phi) is 6.47. The lowest BCUT2D eigenvalue weighted by atomic mass is 10.1. The molecule has 0 aromatic heterocycles. The summed E-state index contributed by atoms with van der Waals surface area (Å²) >= 11 is 0. The topological polar surface area (TPSA) is 79.5 Å². The first-order valence-corrected chi connectivity index (χ1v) is 10.4. The standard InChI is InChI=1S/C25H25N3O3/c29-24(27-15-7-14-26-20-10-2-1-3-11-20)19-9-6-12-21(16-19)28-25(30)23-17-18-8-4-5-13-22(18)31-23/h1-6,8-13,16,23,26H,7,14-15,17H2,(H,27,29)(H,28,30). The van der Waals surface area contributed by atoms with Crippen LogP contribution < -0.4 is 20.7 Å². The third kappa shape index (κ3) is 5.42. The maximum absolute atomic E-state index is 12.6. The van der Waals surface area contributed by atoms with Crippen LogP contribution in [-0.4, -0.2) is 31.0 Å². The number of benzene rings is 3. The van der Waals surface area contributed by atoms with Crippen LogP contribution in [0.3, 0.4) is 0 Å². The number of anilines is 2. The van der Waals surface area contributed by atoms with Crippen LogP contribution in [0.25, 0.3) is 0 Å². The van der Waals surface area contributed by atoms with E-state index in [0.717, 1.165) is 30.0 Å². The van der Waals surface area contributed by atoms with Crippen molar-refractivity contribution in [3.05, 3.63) is 90.0 Å². The molecule has 0 spiro atoms. The minimum atomic E-state index is -0.563. The van der Waals surface area contributed by atoms with Crippen molar-refractivity contribution in [2.45, 2.75) is 18.9 Å². The van der Waals surface area contributed by atoms with Crippen molar-refractivity contribution in [2.24, 2.45) is 0 Å². The van der Waals surface area contributed by atoms with Crippen molar-refractivity contribution >= 4 is 23.2 Å². The van der Waals surface area contributed by atoms with E-state index in [1.807, 2.05) is 54.6 Å². The summed E-state index contributed by atoms with van der Waals surface area (Å²) in [6.07, 6.45) is 0.780. The Morgan fingerprint density at radius 2 is 1.65 bits per heavy atom. The normalized spacial score (nSPS) is 14.3. The number of fused-ring (bicyclic) bond motifs is 1. The number of ether oxygens (including phenoxy) is 1. The first-order chi connectivity index (χ1) is 15.2. The summed E-state index contributed by atoms with van der Waals surface area (Å²) in [6, 6.07) is 24.5. The van der Waals surface area contributed by atoms with Crippen LogP contribution >= 0.6 is 0 Å². The summed E-state index contributed by atoms with van der Waals surface area (Å²) in [5, 5.41) is 9.08. The van der Waals surface area contributed by atoms with Crippen LogP contribution in [0.1, 0.15) is 22.3 Å². The molecule has 1 atom stereocenters. The highest BCUT2D eigenvalue weighted by Gasteiger charge is 2.28. The zero-order valence-corrected chi connectivity index (χ0v) is 17.1. The van der Waals surface area contributed by atoms with Crippen LogP contribution in [0.15, 0.2) is 78.9 Å². The van der Waals surface area contributed by atoms with Crippen LogP contribution in [-0.2, 0) is 11.2 Å². The van der Waals surface area contributed by atoms with Crippen LogP contribution in [0.2, 0.25) is 0 Å². The van der Waals surface area contributed by atoms with Crippen molar-refractivity contribution in [1.29, 1.82) is 0 Å². The number of hydrogen-bond donors (Lipinski definition) is 3. The zero-order valence-electron chi connectivity index (χ0n) is 17.1. The van der Waals surface area contributed by atoms with Crippen molar-refractivity contribution in [3.8, 4) is 5.75 Å². The molecule has 0 saturated carbocycles. The Balaban J connectivity index is 1.24. The van der Waals surface area contributed by atoms with E-state index in [2.05, 4.69) is 16.0 Å². The summed E-state index contributed by atoms with van der Waals surface area (Å²) in [7, 11) is 0. The molecule has 0 bridgehead atoms. The number of amides is 2. The Bertz CT molecular complexity index is 1030. The molecule has 3 aromatic rings. The van der Waals surface area contributed by atoms with E-state index in [1.165, 1.54) is 0 Å². The first-order valence-electron chi connectivity index (χ1n) is 10.4. The van der Waals surface area contributed by atoms with E-state index >= 15 is 0 Å². The number of carbonyl (C=O) groups is 2. The molecule has 1 unspecified atom stereocenters. The fourth-order valence-electron chi connectivity index (χ4n) is 3.47. The van der Waals surface area contributed by atoms with Gasteiger partial charge in [0.15, 0.2) is 6.10 Å². The van der Waals surface area contributed by atoms with Gasteiger partial charge in [0.25, 0.3) is 11.8 Å². The average Bonchev–Trinajstić information content (AvgIpc) is 3.24. The second kappa shape index (κ2) is 9.80. The van der Waals surface area contributed by atoms with Gasteiger partial charge in [-0.2, -0.15) is 0 Å². The molecule has 0 saturated heterocycles. The number of hydrogen-bond acceptors (Lipinski definition) is 4. The molecule has 2 amide bonds. The van der Waals surface area contributed by atoms with Gasteiger partial charge in [-0.1, -0.05) is 42.5 Å². The summed E-state index contributed by atoms with van der Waals surface area (Å²) in [6.45, 7) is 1.33. The summed E-state index contributed by atoms with van der Waals surface area (Å²) in [5.41, 5.74) is 3.16. The quantitative estimate of drug-likeness (QED) is 0.488. The third-order valence-electron chi connectivity index (χ3n) is 5.07. The van der Waals surface area contributed by atoms with E-state index in [4.69, 9.17) is 4.74 Å². The van der Waals surface area contributed by atoms with E-state index in [-0.39, 0.29) is 11.8 Å². The predicted octanol–water partition coefficient (Wildman–Crippen LogP) is 3.86. The molecule has 6 heteroatoms. The monoisotopic (exact) mass is 415 g/mol. The van der Waals surface area contributed by atoms with Gasteiger partial charge in [0.1, 0.15) is 5.75 Å². The second-order valence-electron chi connectivity index (χ2n) is 7.39. The highest BCUT2D eigenvalue weighted by atomic mass is 16.5. The zero-order chi connectivity index (χ0) is 21.5. The number of carbonyl (C=O) groups excluding carboxylic acids is 2. The van der Waals surface area contributed by atoms with Gasteiger partial charge in [-0.3, -0.25) is 9.59 Å². The maximum atomic E-state index is 12.6. The second-order valence-corrected chi connectivity index (χ2v) is 7.39. The minimum Gasteiger partial charge on any atom is -0.480 e. The minimum absolute atomic E-state index is 0.166. The third-order valence-corrected chi connectivity index (χ3v) is 5.07. The van der Waals surface area contributed by atoms with Gasteiger partial charge in [-0.15, -0.1) is 0 Å². The summed E-state index contributed by atoms with van der Waals surface area (Å²) < 4.78 is 5.73. The Hall–Kier alpha value is -3.80. The van der Waals surface area contributed by atoms with Gasteiger partial charge in [-0.25, -0.2) is 0 Å². The molecule has 31 heavy (non-hydrogen) atoms. The summed E-state index contributed by atoms with van der Waals surface area (Å²) in [4.78, 5) is 25.0. The van der Waals surface area contributed by atoms with Gasteiger partial charge in [0.2, 0.25) is 0 Å². The molecule has 158 valence electrons. The lowest BCUT2D eigenvalue weighted by Gasteiger charge is -2.12. The Morgan fingerprint density at radius 3 is 2.48 bits per heavy atom. The number of nitrogens with one attached hydrogen (secondary N) is 3. The van der Waals surface area contributed by atoms with Gasteiger partial charge >= 0.3 is 0 Å². The molecule has 0 aliphatic carbocycles. The molecule has 1 aliphatic rings. The molecule has 4 rings (SSSR count). The fourth-order valence-corrected chi connectivity index (χ4v) is 3.47. The molecular weight excluding hydrogens is 390 g/mol. The van der Waals surface area contributed by atoms with E-state index < -0.39 is 6.10 Å². The van der Waals surface area contributed by atoms with E-state index in [0.29, 0.717) is 24.2 Å². The average molecular weight is 415 g/mol. The van der Waals surface area contributed by atoms with Crippen LogP contribution in [0.4, 0.5) is 11.4 Å². The summed E-state index contributed by atoms with van der Waals surface area (Å²) in [5.74, 6) is 0.360. The number of para-hydroxylation sites is 2. The molecule has 0 radical (unpaired) electrons. The van der Waals surface area contributed by atoms with E-state index in [1.54, 1.807) is 24.3 Å². The smallest absolute Gasteiger partial charge is 0.265 e. The Labute approximate surface area is 181 Å². The van der Waals surface area contributed by atoms with Crippen molar-refractivity contribution in [1.82, 2.24) is 5.32 Å². The van der Waals surface area contributed by atoms with Crippen LogP contribution in [0, 0.1) is 0 Å². The predicted molar refractivity (Wildman–Crippen MR) is 122 cm³/mol. The highest BCUT2D eigenvalue weighted by molar-refractivity contribution is 5.98. The molecule has 6 nitrogen and oxygen atoms in total. The van der Waals surface area contributed by atoms with E-state index in [9.17, 15) is 9.59 Å². The highest BCUT2D eigenvalue weighted by Crippen LogP contribution is 2.28. The molecular formula is C25H25N3O3. The lowest BCUT2D eigenvalue weighted by molar-refractivity contribution is -0.122. The molecule has 3 N–H and O–H groups in total. The molecule has 0 fully saturated rings. The molecule has 1 aliphatic heterocycles. The SMILES string of the molecule is O=C(NCCCNc1ccccc1)c1cccc(NC(=O)C2Cc3ccccc3O2)c1. The van der Waals surface area contributed by atoms with Crippen molar-refractivity contribution in [2.75, 3.05) is 23.7 Å².